The van der Waals surface area contributed by atoms with Gasteiger partial charge in [-0.2, -0.15) is 0 Å². The molecule has 4 aromatic rings. The first kappa shape index (κ1) is 18.5. The maximum absolute atomic E-state index is 12.4. The molecular formula is C25H21N3O2S. The number of carbonyl (C=O) groups excluding carboxylic acids is 1. The molecule has 1 N–H and O–H groups in total. The molecule has 154 valence electrons. The lowest BCUT2D eigenvalue weighted by Gasteiger charge is -2.24. The van der Waals surface area contributed by atoms with Crippen molar-refractivity contribution in [1.29, 1.82) is 0 Å². The first-order chi connectivity index (χ1) is 15.2. The second-order valence-corrected chi connectivity index (χ2v) is 9.32. The van der Waals surface area contributed by atoms with E-state index >= 15 is 0 Å². The lowest BCUT2D eigenvalue weighted by molar-refractivity contribution is 0.0951. The van der Waals surface area contributed by atoms with Gasteiger partial charge in [-0.25, -0.2) is 4.98 Å². The molecule has 0 saturated heterocycles. The monoisotopic (exact) mass is 427 g/mol. The van der Waals surface area contributed by atoms with E-state index in [9.17, 15) is 4.79 Å². The summed E-state index contributed by atoms with van der Waals surface area (Å²) in [5.74, 6) is 1.08. The lowest BCUT2D eigenvalue weighted by atomic mass is 9.95. The Morgan fingerprint density at radius 3 is 2.74 bits per heavy atom. The molecule has 2 aliphatic rings. The molecule has 6 heteroatoms. The zero-order chi connectivity index (χ0) is 20.8. The van der Waals surface area contributed by atoms with E-state index in [1.807, 2.05) is 42.7 Å². The third-order valence-corrected chi connectivity index (χ3v) is 7.09. The van der Waals surface area contributed by atoms with Crippen molar-refractivity contribution in [3.63, 3.8) is 0 Å². The summed E-state index contributed by atoms with van der Waals surface area (Å²) < 4.78 is 7.21. The molecule has 2 aromatic heterocycles. The zero-order valence-corrected chi connectivity index (χ0v) is 17.7. The quantitative estimate of drug-likeness (QED) is 0.499. The van der Waals surface area contributed by atoms with E-state index in [0.717, 1.165) is 46.7 Å². The number of benzene rings is 2. The Hall–Kier alpha value is -3.25. The normalized spacial score (nSPS) is 17.7. The van der Waals surface area contributed by atoms with Crippen molar-refractivity contribution in [3.8, 4) is 16.9 Å². The highest BCUT2D eigenvalue weighted by atomic mass is 32.1. The minimum Gasteiger partial charge on any atom is -0.493 e. The van der Waals surface area contributed by atoms with Crippen LogP contribution in [0.3, 0.4) is 0 Å². The van der Waals surface area contributed by atoms with E-state index in [1.165, 1.54) is 10.3 Å². The highest BCUT2D eigenvalue weighted by Gasteiger charge is 2.27. The van der Waals surface area contributed by atoms with Crippen LogP contribution < -0.4 is 10.1 Å². The predicted octanol–water partition coefficient (Wildman–Crippen LogP) is 4.97. The highest BCUT2D eigenvalue weighted by molar-refractivity contribution is 7.18. The average molecular weight is 428 g/mol. The van der Waals surface area contributed by atoms with Crippen LogP contribution in [0.4, 0.5) is 0 Å². The minimum atomic E-state index is 0.0102. The van der Waals surface area contributed by atoms with Gasteiger partial charge in [0.25, 0.3) is 5.91 Å². The number of hydrogen-bond donors (Lipinski definition) is 1. The molecule has 0 bridgehead atoms. The molecule has 1 fully saturated rings. The third kappa shape index (κ3) is 3.68. The Labute approximate surface area is 184 Å². The standard InChI is InChI=1S/C25H21N3O2S/c29-24(27-20-3-4-20)17-2-6-22-18(11-17)12-19(14-30-22)25-28-21-5-1-16(13-23(21)31-25)15-7-9-26-10-8-15/h1-2,5-11,13,19-20H,3-4,12,14H2,(H,27,29). The number of thiazole rings is 1. The number of rotatable bonds is 4. The van der Waals surface area contributed by atoms with Gasteiger partial charge in [0.1, 0.15) is 10.8 Å². The molecule has 2 aromatic carbocycles. The number of nitrogens with one attached hydrogen (secondary N) is 1. The van der Waals surface area contributed by atoms with E-state index in [2.05, 4.69) is 28.5 Å². The molecule has 1 atom stereocenters. The number of nitrogens with zero attached hydrogens (tertiary/aromatic N) is 2. The van der Waals surface area contributed by atoms with Crippen LogP contribution in [0.25, 0.3) is 21.3 Å². The van der Waals surface area contributed by atoms with Crippen LogP contribution in [0.15, 0.2) is 60.9 Å². The van der Waals surface area contributed by atoms with Crippen LogP contribution in [0.2, 0.25) is 0 Å². The molecule has 3 heterocycles. The van der Waals surface area contributed by atoms with Crippen LogP contribution >= 0.6 is 11.3 Å². The van der Waals surface area contributed by atoms with Gasteiger partial charge in [0.05, 0.1) is 16.8 Å². The molecule has 1 unspecified atom stereocenters. The van der Waals surface area contributed by atoms with Crippen molar-refractivity contribution < 1.29 is 9.53 Å². The van der Waals surface area contributed by atoms with Crippen LogP contribution in [0, 0.1) is 0 Å². The Morgan fingerprint density at radius 1 is 1.03 bits per heavy atom. The van der Waals surface area contributed by atoms with Gasteiger partial charge in [-0.05, 0) is 78.4 Å². The molecule has 0 spiro atoms. The van der Waals surface area contributed by atoms with Gasteiger partial charge in [-0.15, -0.1) is 11.3 Å². The maximum atomic E-state index is 12.4. The number of carbonyl (C=O) groups is 1. The van der Waals surface area contributed by atoms with Gasteiger partial charge in [0.2, 0.25) is 0 Å². The van der Waals surface area contributed by atoms with Crippen molar-refractivity contribution in [3.05, 3.63) is 77.1 Å². The highest BCUT2D eigenvalue weighted by Crippen LogP contribution is 2.37. The van der Waals surface area contributed by atoms with Gasteiger partial charge >= 0.3 is 0 Å². The maximum Gasteiger partial charge on any atom is 0.251 e. The van der Waals surface area contributed by atoms with E-state index in [1.54, 1.807) is 11.3 Å². The average Bonchev–Trinajstić information content (AvgIpc) is 3.53. The Morgan fingerprint density at radius 2 is 1.90 bits per heavy atom. The molecule has 0 radical (unpaired) electrons. The predicted molar refractivity (Wildman–Crippen MR) is 122 cm³/mol. The molecule has 6 rings (SSSR count). The summed E-state index contributed by atoms with van der Waals surface area (Å²) in [5, 5.41) is 4.15. The van der Waals surface area contributed by atoms with E-state index < -0.39 is 0 Å². The summed E-state index contributed by atoms with van der Waals surface area (Å²) in [6.07, 6.45) is 6.63. The summed E-state index contributed by atoms with van der Waals surface area (Å²) in [7, 11) is 0. The molecule has 31 heavy (non-hydrogen) atoms. The topological polar surface area (TPSA) is 64.1 Å². The van der Waals surface area contributed by atoms with Crippen molar-refractivity contribution in [1.82, 2.24) is 15.3 Å². The number of hydrogen-bond acceptors (Lipinski definition) is 5. The molecule has 1 aliphatic carbocycles. The molecule has 1 amide bonds. The lowest BCUT2D eigenvalue weighted by Crippen LogP contribution is -2.26. The Balaban J connectivity index is 1.26. The summed E-state index contributed by atoms with van der Waals surface area (Å²) in [4.78, 5) is 21.4. The van der Waals surface area contributed by atoms with Gasteiger partial charge in [-0.1, -0.05) is 6.07 Å². The number of amides is 1. The fraction of sp³-hybridized carbons (Fsp3) is 0.240. The van der Waals surface area contributed by atoms with Crippen LogP contribution in [-0.2, 0) is 6.42 Å². The largest absolute Gasteiger partial charge is 0.493 e. The van der Waals surface area contributed by atoms with Crippen LogP contribution in [0.5, 0.6) is 5.75 Å². The van der Waals surface area contributed by atoms with Crippen molar-refractivity contribution >= 4 is 27.5 Å². The first-order valence-electron chi connectivity index (χ1n) is 10.6. The summed E-state index contributed by atoms with van der Waals surface area (Å²) in [6.45, 7) is 0.609. The summed E-state index contributed by atoms with van der Waals surface area (Å²) in [5.41, 5.74) is 5.12. The fourth-order valence-corrected chi connectivity index (χ4v) is 5.12. The van der Waals surface area contributed by atoms with Gasteiger partial charge < -0.3 is 10.1 Å². The Kier molecular flexibility index (Phi) is 4.46. The fourth-order valence-electron chi connectivity index (χ4n) is 4.03. The van der Waals surface area contributed by atoms with Gasteiger partial charge in [0, 0.05) is 29.9 Å². The van der Waals surface area contributed by atoms with Crippen LogP contribution in [-0.4, -0.2) is 28.5 Å². The summed E-state index contributed by atoms with van der Waals surface area (Å²) in [6, 6.07) is 16.5. The molecular weight excluding hydrogens is 406 g/mol. The van der Waals surface area contributed by atoms with Crippen molar-refractivity contribution in [2.24, 2.45) is 0 Å². The first-order valence-corrected chi connectivity index (χ1v) is 11.4. The molecule has 5 nitrogen and oxygen atoms in total. The molecule has 1 aliphatic heterocycles. The second kappa shape index (κ2) is 7.46. The van der Waals surface area contributed by atoms with E-state index in [0.29, 0.717) is 18.2 Å². The number of pyridine rings is 1. The van der Waals surface area contributed by atoms with Gasteiger partial charge in [0.15, 0.2) is 0 Å². The zero-order valence-electron chi connectivity index (χ0n) is 16.9. The third-order valence-electron chi connectivity index (χ3n) is 5.91. The SMILES string of the molecule is O=C(NC1CC1)c1ccc2c(c1)CC(c1nc3ccc(-c4ccncc4)cc3s1)CO2. The van der Waals surface area contributed by atoms with Crippen LogP contribution in [0.1, 0.15) is 39.7 Å². The van der Waals surface area contributed by atoms with Crippen molar-refractivity contribution in [2.75, 3.05) is 6.61 Å². The Bertz CT molecular complexity index is 1280. The second-order valence-electron chi connectivity index (χ2n) is 8.25. The number of ether oxygens (including phenoxy) is 1. The van der Waals surface area contributed by atoms with Gasteiger partial charge in [-0.3, -0.25) is 9.78 Å². The van der Waals surface area contributed by atoms with E-state index in [-0.39, 0.29) is 11.8 Å². The summed E-state index contributed by atoms with van der Waals surface area (Å²) >= 11 is 1.73. The number of aromatic nitrogens is 2. The smallest absolute Gasteiger partial charge is 0.251 e. The number of fused-ring (bicyclic) bond motifs is 2. The van der Waals surface area contributed by atoms with Crippen molar-refractivity contribution in [2.45, 2.75) is 31.2 Å². The minimum absolute atomic E-state index is 0.0102. The van der Waals surface area contributed by atoms with E-state index in [4.69, 9.17) is 9.72 Å². The molecule has 1 saturated carbocycles.